The summed E-state index contributed by atoms with van der Waals surface area (Å²) in [4.78, 5) is 14.7. The zero-order valence-corrected chi connectivity index (χ0v) is 7.49. The standard InChI is InChI=1S/C9H12N2O2/c1-13-5-4-8-3-2-7(6-11-8)9(10)12/h2-3,6H,4-5H2,1H3,(H2,10,12). The quantitative estimate of drug-likeness (QED) is 0.728. The fourth-order valence-electron chi connectivity index (χ4n) is 0.925. The van der Waals surface area contributed by atoms with Crippen LogP contribution in [0.1, 0.15) is 16.1 Å². The van der Waals surface area contributed by atoms with Gasteiger partial charge in [-0.15, -0.1) is 0 Å². The molecule has 0 bridgehead atoms. The summed E-state index contributed by atoms with van der Waals surface area (Å²) in [5, 5.41) is 0. The van der Waals surface area contributed by atoms with Crippen LogP contribution in [0.25, 0.3) is 0 Å². The summed E-state index contributed by atoms with van der Waals surface area (Å²) >= 11 is 0. The van der Waals surface area contributed by atoms with Crippen molar-refractivity contribution in [3.05, 3.63) is 29.6 Å². The van der Waals surface area contributed by atoms with Gasteiger partial charge in [0.1, 0.15) is 0 Å². The van der Waals surface area contributed by atoms with Crippen LogP contribution in [-0.2, 0) is 11.2 Å². The Balaban J connectivity index is 2.64. The molecule has 0 aliphatic rings. The number of amides is 1. The number of primary amides is 1. The van der Waals surface area contributed by atoms with Crippen molar-refractivity contribution in [2.75, 3.05) is 13.7 Å². The number of rotatable bonds is 4. The molecule has 1 amide bonds. The van der Waals surface area contributed by atoms with Gasteiger partial charge in [-0.25, -0.2) is 0 Å². The topological polar surface area (TPSA) is 65.2 Å². The molecule has 0 aliphatic carbocycles. The van der Waals surface area contributed by atoms with Crippen molar-refractivity contribution in [2.45, 2.75) is 6.42 Å². The lowest BCUT2D eigenvalue weighted by Crippen LogP contribution is -2.11. The van der Waals surface area contributed by atoms with E-state index < -0.39 is 5.91 Å². The predicted molar refractivity (Wildman–Crippen MR) is 48.3 cm³/mol. The third-order valence-corrected chi connectivity index (χ3v) is 1.67. The Morgan fingerprint density at radius 3 is 2.85 bits per heavy atom. The van der Waals surface area contributed by atoms with Gasteiger partial charge in [0.05, 0.1) is 12.2 Å². The van der Waals surface area contributed by atoms with Gasteiger partial charge in [0, 0.05) is 25.4 Å². The highest BCUT2D eigenvalue weighted by Crippen LogP contribution is 2.00. The van der Waals surface area contributed by atoms with E-state index in [4.69, 9.17) is 10.5 Å². The molecule has 0 aromatic carbocycles. The van der Waals surface area contributed by atoms with Crippen LogP contribution in [0.15, 0.2) is 18.3 Å². The summed E-state index contributed by atoms with van der Waals surface area (Å²) < 4.78 is 4.89. The first kappa shape index (κ1) is 9.67. The summed E-state index contributed by atoms with van der Waals surface area (Å²) in [5.41, 5.74) is 6.39. The minimum absolute atomic E-state index is 0.432. The van der Waals surface area contributed by atoms with Crippen molar-refractivity contribution >= 4 is 5.91 Å². The number of hydrogen-bond acceptors (Lipinski definition) is 3. The monoisotopic (exact) mass is 180 g/mol. The van der Waals surface area contributed by atoms with E-state index in [0.29, 0.717) is 12.2 Å². The molecule has 0 saturated heterocycles. The molecule has 1 aromatic heterocycles. The Labute approximate surface area is 76.7 Å². The summed E-state index contributed by atoms with van der Waals surface area (Å²) in [6.45, 7) is 0.628. The van der Waals surface area contributed by atoms with Crippen LogP contribution in [-0.4, -0.2) is 24.6 Å². The molecule has 0 unspecified atom stereocenters. The van der Waals surface area contributed by atoms with Gasteiger partial charge in [-0.3, -0.25) is 9.78 Å². The van der Waals surface area contributed by atoms with Crippen LogP contribution in [0.4, 0.5) is 0 Å². The number of aromatic nitrogens is 1. The van der Waals surface area contributed by atoms with Crippen molar-refractivity contribution in [2.24, 2.45) is 5.73 Å². The number of carbonyl (C=O) groups is 1. The second-order valence-electron chi connectivity index (χ2n) is 2.65. The van der Waals surface area contributed by atoms with E-state index in [1.54, 1.807) is 19.2 Å². The maximum atomic E-state index is 10.7. The lowest BCUT2D eigenvalue weighted by Gasteiger charge is -1.99. The molecule has 1 rings (SSSR count). The molecule has 0 atom stereocenters. The van der Waals surface area contributed by atoms with Crippen LogP contribution in [0.3, 0.4) is 0 Å². The van der Waals surface area contributed by atoms with E-state index in [-0.39, 0.29) is 0 Å². The molecule has 0 aliphatic heterocycles. The van der Waals surface area contributed by atoms with Gasteiger partial charge in [-0.05, 0) is 12.1 Å². The predicted octanol–water partition coefficient (Wildman–Crippen LogP) is 0.369. The van der Waals surface area contributed by atoms with Crippen molar-refractivity contribution in [1.29, 1.82) is 0 Å². The lowest BCUT2D eigenvalue weighted by molar-refractivity contribution is 0.1000. The fraction of sp³-hybridized carbons (Fsp3) is 0.333. The molecular formula is C9H12N2O2. The highest BCUT2D eigenvalue weighted by atomic mass is 16.5. The zero-order chi connectivity index (χ0) is 9.68. The maximum absolute atomic E-state index is 10.7. The average molecular weight is 180 g/mol. The van der Waals surface area contributed by atoms with Crippen LogP contribution in [0.5, 0.6) is 0 Å². The third-order valence-electron chi connectivity index (χ3n) is 1.67. The molecule has 13 heavy (non-hydrogen) atoms. The minimum atomic E-state index is -0.453. The van der Waals surface area contributed by atoms with E-state index in [2.05, 4.69) is 4.98 Å². The molecule has 0 saturated carbocycles. The Bertz CT molecular complexity index is 282. The van der Waals surface area contributed by atoms with Crippen molar-refractivity contribution in [3.8, 4) is 0 Å². The number of nitrogens with two attached hydrogens (primary N) is 1. The molecule has 2 N–H and O–H groups in total. The Morgan fingerprint density at radius 1 is 1.62 bits per heavy atom. The Kier molecular flexibility index (Phi) is 3.40. The van der Waals surface area contributed by atoms with Crippen LogP contribution >= 0.6 is 0 Å². The van der Waals surface area contributed by atoms with Gasteiger partial charge >= 0.3 is 0 Å². The van der Waals surface area contributed by atoms with E-state index >= 15 is 0 Å². The molecule has 1 heterocycles. The second-order valence-corrected chi connectivity index (χ2v) is 2.65. The first-order valence-corrected chi connectivity index (χ1v) is 3.97. The molecule has 1 aromatic rings. The number of nitrogens with zero attached hydrogens (tertiary/aromatic N) is 1. The summed E-state index contributed by atoms with van der Waals surface area (Å²) in [5.74, 6) is -0.453. The molecule has 0 fully saturated rings. The molecular weight excluding hydrogens is 168 g/mol. The molecule has 70 valence electrons. The number of hydrogen-bond donors (Lipinski definition) is 1. The lowest BCUT2D eigenvalue weighted by atomic mass is 10.2. The number of methoxy groups -OCH3 is 1. The molecule has 0 radical (unpaired) electrons. The summed E-state index contributed by atoms with van der Waals surface area (Å²) in [7, 11) is 1.64. The number of ether oxygens (including phenoxy) is 1. The Morgan fingerprint density at radius 2 is 2.38 bits per heavy atom. The maximum Gasteiger partial charge on any atom is 0.250 e. The third kappa shape index (κ3) is 2.83. The minimum Gasteiger partial charge on any atom is -0.384 e. The highest BCUT2D eigenvalue weighted by Gasteiger charge is 2.00. The molecule has 0 spiro atoms. The van der Waals surface area contributed by atoms with Crippen LogP contribution in [0, 0.1) is 0 Å². The Hall–Kier alpha value is -1.42. The van der Waals surface area contributed by atoms with Gasteiger partial charge in [0.25, 0.3) is 0 Å². The molecule has 4 heteroatoms. The molecule has 4 nitrogen and oxygen atoms in total. The van der Waals surface area contributed by atoms with Crippen LogP contribution < -0.4 is 5.73 Å². The van der Waals surface area contributed by atoms with E-state index in [1.165, 1.54) is 6.20 Å². The number of pyridine rings is 1. The van der Waals surface area contributed by atoms with Gasteiger partial charge in [0.15, 0.2) is 0 Å². The summed E-state index contributed by atoms with van der Waals surface area (Å²) in [6, 6.07) is 3.44. The van der Waals surface area contributed by atoms with Crippen molar-refractivity contribution in [1.82, 2.24) is 4.98 Å². The average Bonchev–Trinajstić information content (AvgIpc) is 2.15. The SMILES string of the molecule is COCCc1ccc(C(N)=O)cn1. The summed E-state index contributed by atoms with van der Waals surface area (Å²) in [6.07, 6.45) is 2.23. The first-order valence-electron chi connectivity index (χ1n) is 3.97. The van der Waals surface area contributed by atoms with Gasteiger partial charge in [0.2, 0.25) is 5.91 Å². The first-order chi connectivity index (χ1) is 6.24. The van der Waals surface area contributed by atoms with E-state index in [9.17, 15) is 4.79 Å². The van der Waals surface area contributed by atoms with Crippen LogP contribution in [0.2, 0.25) is 0 Å². The van der Waals surface area contributed by atoms with Crippen molar-refractivity contribution in [3.63, 3.8) is 0 Å². The number of carbonyl (C=O) groups excluding carboxylic acids is 1. The van der Waals surface area contributed by atoms with E-state index in [0.717, 1.165) is 12.1 Å². The second kappa shape index (κ2) is 4.57. The largest absolute Gasteiger partial charge is 0.384 e. The zero-order valence-electron chi connectivity index (χ0n) is 7.49. The van der Waals surface area contributed by atoms with Gasteiger partial charge in [-0.2, -0.15) is 0 Å². The highest BCUT2D eigenvalue weighted by molar-refractivity contribution is 5.92. The normalized spacial score (nSPS) is 9.92. The smallest absolute Gasteiger partial charge is 0.250 e. The van der Waals surface area contributed by atoms with E-state index in [1.807, 2.05) is 0 Å². The van der Waals surface area contributed by atoms with Crippen molar-refractivity contribution < 1.29 is 9.53 Å². The van der Waals surface area contributed by atoms with Gasteiger partial charge < -0.3 is 10.5 Å². The van der Waals surface area contributed by atoms with Gasteiger partial charge in [-0.1, -0.05) is 0 Å². The fourth-order valence-corrected chi connectivity index (χ4v) is 0.925.